The second-order valence-corrected chi connectivity index (χ2v) is 4.39. The average Bonchev–Trinajstić information content (AvgIpc) is 2.36. The molecule has 18 heavy (non-hydrogen) atoms. The maximum Gasteiger partial charge on any atom is 0.142 e. The van der Waals surface area contributed by atoms with Gasteiger partial charge in [-0.25, -0.2) is 4.39 Å². The predicted molar refractivity (Wildman–Crippen MR) is 70.6 cm³/mol. The second kappa shape index (κ2) is 5.38. The van der Waals surface area contributed by atoms with Crippen molar-refractivity contribution in [1.82, 2.24) is 0 Å². The van der Waals surface area contributed by atoms with Crippen LogP contribution in [0.15, 0.2) is 36.4 Å². The highest BCUT2D eigenvalue weighted by Crippen LogP contribution is 2.28. The number of aryl methyl sites for hydroxylation is 1. The summed E-state index contributed by atoms with van der Waals surface area (Å²) >= 11 is 5.70. The van der Waals surface area contributed by atoms with Crippen LogP contribution in [0.25, 0.3) is 0 Å². The summed E-state index contributed by atoms with van der Waals surface area (Å²) in [6.07, 6.45) is 0. The highest BCUT2D eigenvalue weighted by Gasteiger charge is 2.05. The standard InChI is InChI=1S/C14H13ClFNO/c1-9-6-10(8-17)2-5-14(9)18-11-3-4-13(16)12(15)7-11/h2-7H,8,17H2,1H3. The Morgan fingerprint density at radius 2 is 2.00 bits per heavy atom. The van der Waals surface area contributed by atoms with Gasteiger partial charge in [0.1, 0.15) is 17.3 Å². The van der Waals surface area contributed by atoms with Crippen molar-refractivity contribution < 1.29 is 9.13 Å². The summed E-state index contributed by atoms with van der Waals surface area (Å²) in [4.78, 5) is 0. The first-order chi connectivity index (χ1) is 8.60. The van der Waals surface area contributed by atoms with E-state index in [1.54, 1.807) is 0 Å². The molecule has 2 rings (SSSR count). The predicted octanol–water partition coefficient (Wildman–Crippen LogP) is 4.04. The lowest BCUT2D eigenvalue weighted by atomic mass is 10.1. The molecule has 2 aromatic carbocycles. The van der Waals surface area contributed by atoms with E-state index in [1.165, 1.54) is 18.2 Å². The number of halogens is 2. The van der Waals surface area contributed by atoms with Crippen molar-refractivity contribution in [2.75, 3.05) is 0 Å². The van der Waals surface area contributed by atoms with Gasteiger partial charge in [-0.3, -0.25) is 0 Å². The average molecular weight is 266 g/mol. The Balaban J connectivity index is 2.25. The van der Waals surface area contributed by atoms with Crippen molar-refractivity contribution in [2.24, 2.45) is 5.73 Å². The third-order valence-corrected chi connectivity index (χ3v) is 2.88. The van der Waals surface area contributed by atoms with Crippen molar-refractivity contribution in [3.05, 3.63) is 58.4 Å². The molecule has 0 saturated heterocycles. The van der Waals surface area contributed by atoms with Gasteiger partial charge in [-0.05, 0) is 36.2 Å². The van der Waals surface area contributed by atoms with Crippen LogP contribution in [-0.2, 0) is 6.54 Å². The Bertz CT molecular complexity index is 572. The van der Waals surface area contributed by atoms with Gasteiger partial charge < -0.3 is 10.5 Å². The molecule has 2 aromatic rings. The van der Waals surface area contributed by atoms with E-state index >= 15 is 0 Å². The van der Waals surface area contributed by atoms with Crippen LogP contribution in [0.4, 0.5) is 4.39 Å². The molecule has 0 amide bonds. The van der Waals surface area contributed by atoms with E-state index in [9.17, 15) is 4.39 Å². The van der Waals surface area contributed by atoms with E-state index < -0.39 is 5.82 Å². The summed E-state index contributed by atoms with van der Waals surface area (Å²) in [5.74, 6) is 0.749. The smallest absolute Gasteiger partial charge is 0.142 e. The van der Waals surface area contributed by atoms with Gasteiger partial charge in [0, 0.05) is 12.6 Å². The largest absolute Gasteiger partial charge is 0.457 e. The monoisotopic (exact) mass is 265 g/mol. The van der Waals surface area contributed by atoms with Crippen LogP contribution in [0.2, 0.25) is 5.02 Å². The Morgan fingerprint density at radius 3 is 2.61 bits per heavy atom. The minimum Gasteiger partial charge on any atom is -0.457 e. The molecule has 94 valence electrons. The number of hydrogen-bond donors (Lipinski definition) is 1. The topological polar surface area (TPSA) is 35.2 Å². The van der Waals surface area contributed by atoms with Gasteiger partial charge in [0.2, 0.25) is 0 Å². The van der Waals surface area contributed by atoms with Crippen molar-refractivity contribution in [3.8, 4) is 11.5 Å². The fourth-order valence-corrected chi connectivity index (χ4v) is 1.79. The summed E-state index contributed by atoms with van der Waals surface area (Å²) in [6, 6.07) is 9.97. The minimum absolute atomic E-state index is 0.0451. The summed E-state index contributed by atoms with van der Waals surface area (Å²) in [5.41, 5.74) is 7.57. The second-order valence-electron chi connectivity index (χ2n) is 3.98. The molecule has 0 aromatic heterocycles. The van der Waals surface area contributed by atoms with Gasteiger partial charge in [0.05, 0.1) is 5.02 Å². The molecule has 0 atom stereocenters. The van der Waals surface area contributed by atoms with Crippen LogP contribution < -0.4 is 10.5 Å². The van der Waals surface area contributed by atoms with Crippen LogP contribution in [0, 0.1) is 12.7 Å². The maximum absolute atomic E-state index is 13.0. The molecule has 2 N–H and O–H groups in total. The first-order valence-corrected chi connectivity index (χ1v) is 5.90. The lowest BCUT2D eigenvalue weighted by Gasteiger charge is -2.10. The maximum atomic E-state index is 13.0. The van der Waals surface area contributed by atoms with Crippen LogP contribution in [0.1, 0.15) is 11.1 Å². The van der Waals surface area contributed by atoms with Crippen molar-refractivity contribution in [2.45, 2.75) is 13.5 Å². The van der Waals surface area contributed by atoms with Crippen LogP contribution >= 0.6 is 11.6 Å². The number of hydrogen-bond acceptors (Lipinski definition) is 2. The highest BCUT2D eigenvalue weighted by molar-refractivity contribution is 6.30. The Kier molecular flexibility index (Phi) is 3.84. The normalized spacial score (nSPS) is 10.4. The summed E-state index contributed by atoms with van der Waals surface area (Å²) in [7, 11) is 0. The molecule has 0 heterocycles. The van der Waals surface area contributed by atoms with Gasteiger partial charge in [0.15, 0.2) is 0 Å². The lowest BCUT2D eigenvalue weighted by molar-refractivity contribution is 0.476. The minimum atomic E-state index is -0.459. The molecular weight excluding hydrogens is 253 g/mol. The van der Waals surface area contributed by atoms with Crippen LogP contribution in [-0.4, -0.2) is 0 Å². The van der Waals surface area contributed by atoms with E-state index in [-0.39, 0.29) is 5.02 Å². The summed E-state index contributed by atoms with van der Waals surface area (Å²) in [5, 5.41) is 0.0451. The SMILES string of the molecule is Cc1cc(CN)ccc1Oc1ccc(F)c(Cl)c1. The fraction of sp³-hybridized carbons (Fsp3) is 0.143. The summed E-state index contributed by atoms with van der Waals surface area (Å²) < 4.78 is 18.7. The van der Waals surface area contributed by atoms with Crippen LogP contribution in [0.3, 0.4) is 0 Å². The molecule has 0 aliphatic rings. The zero-order chi connectivity index (χ0) is 13.1. The van der Waals surface area contributed by atoms with E-state index in [0.717, 1.165) is 11.1 Å². The van der Waals surface area contributed by atoms with Crippen molar-refractivity contribution in [1.29, 1.82) is 0 Å². The first kappa shape index (κ1) is 12.9. The molecule has 0 radical (unpaired) electrons. The molecule has 0 aliphatic heterocycles. The number of rotatable bonds is 3. The first-order valence-electron chi connectivity index (χ1n) is 5.52. The molecule has 0 bridgehead atoms. The third kappa shape index (κ3) is 2.81. The lowest BCUT2D eigenvalue weighted by Crippen LogP contribution is -1.97. The van der Waals surface area contributed by atoms with Gasteiger partial charge in [-0.15, -0.1) is 0 Å². The molecule has 0 spiro atoms. The summed E-state index contributed by atoms with van der Waals surface area (Å²) in [6.45, 7) is 2.42. The zero-order valence-corrected chi connectivity index (χ0v) is 10.7. The van der Waals surface area contributed by atoms with Gasteiger partial charge in [-0.2, -0.15) is 0 Å². The molecule has 0 saturated carbocycles. The quantitative estimate of drug-likeness (QED) is 0.909. The number of nitrogens with two attached hydrogens (primary N) is 1. The van der Waals surface area contributed by atoms with Gasteiger partial charge in [0.25, 0.3) is 0 Å². The molecular formula is C14H13ClFNO. The Hall–Kier alpha value is -1.58. The molecule has 2 nitrogen and oxygen atoms in total. The fourth-order valence-electron chi connectivity index (χ4n) is 1.62. The van der Waals surface area contributed by atoms with Crippen LogP contribution in [0.5, 0.6) is 11.5 Å². The van der Waals surface area contributed by atoms with E-state index in [4.69, 9.17) is 22.1 Å². The Morgan fingerprint density at radius 1 is 1.22 bits per heavy atom. The molecule has 0 unspecified atom stereocenters. The van der Waals surface area contributed by atoms with E-state index in [2.05, 4.69) is 0 Å². The van der Waals surface area contributed by atoms with E-state index in [0.29, 0.717) is 18.0 Å². The number of benzene rings is 2. The highest BCUT2D eigenvalue weighted by atomic mass is 35.5. The van der Waals surface area contributed by atoms with Gasteiger partial charge >= 0.3 is 0 Å². The Labute approximate surface area is 110 Å². The third-order valence-electron chi connectivity index (χ3n) is 2.59. The molecule has 0 aliphatic carbocycles. The van der Waals surface area contributed by atoms with E-state index in [1.807, 2.05) is 25.1 Å². The molecule has 0 fully saturated rings. The van der Waals surface area contributed by atoms with Gasteiger partial charge in [-0.1, -0.05) is 23.7 Å². The van der Waals surface area contributed by atoms with Crippen molar-refractivity contribution >= 4 is 11.6 Å². The molecule has 4 heteroatoms. The van der Waals surface area contributed by atoms with Crippen molar-refractivity contribution in [3.63, 3.8) is 0 Å². The number of ether oxygens (including phenoxy) is 1. The zero-order valence-electron chi connectivity index (χ0n) is 9.91.